The van der Waals surface area contributed by atoms with Crippen molar-refractivity contribution in [3.8, 4) is 22.6 Å². The minimum Gasteiger partial charge on any atom is -0.478 e. The molecule has 0 aromatic heterocycles. The zero-order chi connectivity index (χ0) is 19.3. The maximum Gasteiger partial charge on any atom is 0.328 e. The van der Waals surface area contributed by atoms with Gasteiger partial charge in [0.2, 0.25) is 0 Å². The molecule has 4 aromatic rings. The van der Waals surface area contributed by atoms with Gasteiger partial charge in [-0.2, -0.15) is 0 Å². The topological polar surface area (TPSA) is 46.5 Å². The summed E-state index contributed by atoms with van der Waals surface area (Å²) in [5, 5.41) is 10.9. The Bertz CT molecular complexity index is 1140. The lowest BCUT2D eigenvalue weighted by Gasteiger charge is -2.15. The van der Waals surface area contributed by atoms with E-state index in [2.05, 4.69) is 36.4 Å². The Morgan fingerprint density at radius 1 is 0.786 bits per heavy atom. The minimum atomic E-state index is -0.969. The van der Waals surface area contributed by atoms with Gasteiger partial charge < -0.3 is 9.84 Å². The van der Waals surface area contributed by atoms with Crippen LogP contribution in [0, 0.1) is 0 Å². The molecule has 0 fully saturated rings. The van der Waals surface area contributed by atoms with Gasteiger partial charge in [-0.1, -0.05) is 72.8 Å². The van der Waals surface area contributed by atoms with Gasteiger partial charge in [0, 0.05) is 17.0 Å². The number of aliphatic carboxylic acids is 1. The molecule has 3 nitrogen and oxygen atoms in total. The first-order valence-electron chi connectivity index (χ1n) is 8.97. The van der Waals surface area contributed by atoms with Gasteiger partial charge in [0.15, 0.2) is 0 Å². The normalized spacial score (nSPS) is 11.0. The van der Waals surface area contributed by atoms with Gasteiger partial charge in [0.05, 0.1) is 0 Å². The van der Waals surface area contributed by atoms with E-state index in [9.17, 15) is 4.79 Å². The Labute approximate surface area is 163 Å². The van der Waals surface area contributed by atoms with Crippen molar-refractivity contribution in [2.24, 2.45) is 0 Å². The Hall–Kier alpha value is -3.85. The molecule has 4 aromatic carbocycles. The van der Waals surface area contributed by atoms with E-state index >= 15 is 0 Å². The Kier molecular flexibility index (Phi) is 4.89. The molecule has 4 rings (SSSR count). The van der Waals surface area contributed by atoms with Crippen molar-refractivity contribution in [3.63, 3.8) is 0 Å². The van der Waals surface area contributed by atoms with Crippen molar-refractivity contribution in [1.29, 1.82) is 0 Å². The number of hydrogen-bond donors (Lipinski definition) is 1. The van der Waals surface area contributed by atoms with Gasteiger partial charge in [0.1, 0.15) is 11.5 Å². The van der Waals surface area contributed by atoms with E-state index < -0.39 is 5.97 Å². The summed E-state index contributed by atoms with van der Waals surface area (Å²) in [6.45, 7) is 0. The minimum absolute atomic E-state index is 0.695. The molecule has 28 heavy (non-hydrogen) atoms. The van der Waals surface area contributed by atoms with Crippen LogP contribution in [0.15, 0.2) is 97.1 Å². The lowest BCUT2D eigenvalue weighted by molar-refractivity contribution is -0.131. The number of carboxylic acid groups (broad SMARTS) is 1. The number of ether oxygens (including phenoxy) is 1. The Morgan fingerprint density at radius 3 is 2.25 bits per heavy atom. The molecule has 0 saturated carbocycles. The first kappa shape index (κ1) is 17.6. The summed E-state index contributed by atoms with van der Waals surface area (Å²) in [6.07, 6.45) is 2.67. The molecule has 0 unspecified atom stereocenters. The second kappa shape index (κ2) is 7.80. The summed E-state index contributed by atoms with van der Waals surface area (Å²) >= 11 is 0. The van der Waals surface area contributed by atoms with Crippen molar-refractivity contribution in [2.75, 3.05) is 0 Å². The number of hydrogen-bond acceptors (Lipinski definition) is 2. The number of carbonyl (C=O) groups is 1. The van der Waals surface area contributed by atoms with Crippen LogP contribution in [0.2, 0.25) is 0 Å². The van der Waals surface area contributed by atoms with Crippen molar-refractivity contribution in [2.45, 2.75) is 0 Å². The van der Waals surface area contributed by atoms with Gasteiger partial charge in [-0.25, -0.2) is 4.79 Å². The van der Waals surface area contributed by atoms with E-state index in [4.69, 9.17) is 9.84 Å². The fourth-order valence-corrected chi connectivity index (χ4v) is 3.13. The van der Waals surface area contributed by atoms with Crippen molar-refractivity contribution in [3.05, 3.63) is 103 Å². The Balaban J connectivity index is 1.76. The third-order valence-corrected chi connectivity index (χ3v) is 4.48. The molecule has 0 aliphatic heterocycles. The number of fused-ring (bicyclic) bond motifs is 1. The number of rotatable bonds is 5. The fourth-order valence-electron chi connectivity index (χ4n) is 3.13. The molecule has 0 saturated heterocycles. The monoisotopic (exact) mass is 366 g/mol. The van der Waals surface area contributed by atoms with Crippen molar-refractivity contribution >= 4 is 22.8 Å². The van der Waals surface area contributed by atoms with Crippen LogP contribution in [0.5, 0.6) is 11.5 Å². The fraction of sp³-hybridized carbons (Fsp3) is 0. The zero-order valence-electron chi connectivity index (χ0n) is 15.1. The predicted molar refractivity (Wildman–Crippen MR) is 113 cm³/mol. The van der Waals surface area contributed by atoms with Gasteiger partial charge in [-0.05, 0) is 40.8 Å². The lowest BCUT2D eigenvalue weighted by Crippen LogP contribution is -1.91. The number of benzene rings is 4. The highest BCUT2D eigenvalue weighted by atomic mass is 16.5. The summed E-state index contributed by atoms with van der Waals surface area (Å²) in [7, 11) is 0. The molecular formula is C25H18O3. The van der Waals surface area contributed by atoms with Crippen LogP contribution in [-0.4, -0.2) is 11.1 Å². The predicted octanol–water partition coefficient (Wildman–Crippen LogP) is 6.40. The van der Waals surface area contributed by atoms with E-state index in [1.165, 1.54) is 0 Å². The van der Waals surface area contributed by atoms with E-state index in [1.54, 1.807) is 6.08 Å². The van der Waals surface area contributed by atoms with E-state index in [-0.39, 0.29) is 0 Å². The van der Waals surface area contributed by atoms with Crippen LogP contribution >= 0.6 is 0 Å². The highest BCUT2D eigenvalue weighted by molar-refractivity contribution is 5.95. The average molecular weight is 366 g/mol. The molecular weight excluding hydrogens is 348 g/mol. The van der Waals surface area contributed by atoms with Crippen LogP contribution in [0.25, 0.3) is 28.0 Å². The second-order valence-corrected chi connectivity index (χ2v) is 6.37. The molecule has 0 atom stereocenters. The summed E-state index contributed by atoms with van der Waals surface area (Å²) in [5.41, 5.74) is 2.91. The summed E-state index contributed by atoms with van der Waals surface area (Å²) in [5.74, 6) is 0.530. The average Bonchev–Trinajstić information content (AvgIpc) is 2.74. The smallest absolute Gasteiger partial charge is 0.328 e. The molecule has 3 heteroatoms. The third-order valence-electron chi connectivity index (χ3n) is 4.48. The molecule has 0 aliphatic carbocycles. The maximum atomic E-state index is 10.7. The van der Waals surface area contributed by atoms with Crippen LogP contribution in [0.4, 0.5) is 0 Å². The van der Waals surface area contributed by atoms with E-state index in [1.807, 2.05) is 54.6 Å². The van der Waals surface area contributed by atoms with Crippen LogP contribution in [0.3, 0.4) is 0 Å². The largest absolute Gasteiger partial charge is 0.478 e. The molecule has 0 heterocycles. The standard InChI is InChI=1S/C25H18O3/c26-24(27)17-12-18-10-14-21(15-11-18)28-25-22-9-5-4-8-20(22)13-16-23(25)19-6-2-1-3-7-19/h1-17H,(H,26,27)/b17-12+. The highest BCUT2D eigenvalue weighted by Crippen LogP contribution is 2.39. The van der Waals surface area contributed by atoms with Crippen LogP contribution in [0.1, 0.15) is 5.56 Å². The molecule has 0 bridgehead atoms. The van der Waals surface area contributed by atoms with E-state index in [0.717, 1.165) is 39.3 Å². The van der Waals surface area contributed by atoms with Gasteiger partial charge in [0.25, 0.3) is 0 Å². The molecule has 0 amide bonds. The molecule has 136 valence electrons. The molecule has 0 radical (unpaired) electrons. The summed E-state index contributed by atoms with van der Waals surface area (Å²) in [4.78, 5) is 10.7. The zero-order valence-corrected chi connectivity index (χ0v) is 15.1. The van der Waals surface area contributed by atoms with E-state index in [0.29, 0.717) is 5.75 Å². The van der Waals surface area contributed by atoms with Gasteiger partial charge in [-0.3, -0.25) is 0 Å². The van der Waals surface area contributed by atoms with Crippen LogP contribution in [-0.2, 0) is 4.79 Å². The van der Waals surface area contributed by atoms with Gasteiger partial charge in [-0.15, -0.1) is 0 Å². The first-order chi connectivity index (χ1) is 13.7. The second-order valence-electron chi connectivity index (χ2n) is 6.37. The number of carboxylic acids is 1. The summed E-state index contributed by atoms with van der Waals surface area (Å²) in [6, 6.07) is 29.8. The molecule has 0 aliphatic rings. The first-order valence-corrected chi connectivity index (χ1v) is 8.97. The molecule has 1 N–H and O–H groups in total. The lowest BCUT2D eigenvalue weighted by atomic mass is 9.99. The van der Waals surface area contributed by atoms with Gasteiger partial charge >= 0.3 is 5.97 Å². The van der Waals surface area contributed by atoms with Crippen molar-refractivity contribution in [1.82, 2.24) is 0 Å². The van der Waals surface area contributed by atoms with Crippen LogP contribution < -0.4 is 4.74 Å². The SMILES string of the molecule is O=C(O)/C=C/c1ccc(Oc2c(-c3ccccc3)ccc3ccccc23)cc1. The third kappa shape index (κ3) is 3.79. The molecule has 0 spiro atoms. The highest BCUT2D eigenvalue weighted by Gasteiger charge is 2.12. The Morgan fingerprint density at radius 2 is 1.50 bits per heavy atom. The maximum absolute atomic E-state index is 10.7. The summed E-state index contributed by atoms with van der Waals surface area (Å²) < 4.78 is 6.32. The van der Waals surface area contributed by atoms with Crippen molar-refractivity contribution < 1.29 is 14.6 Å². The quantitative estimate of drug-likeness (QED) is 0.416.